The molecule has 2 rings (SSSR count). The van der Waals surface area contributed by atoms with Crippen LogP contribution in [0.25, 0.3) is 11.1 Å². The van der Waals surface area contributed by atoms with Crippen molar-refractivity contribution in [2.24, 2.45) is 0 Å². The molecule has 0 spiro atoms. The molecule has 0 atom stereocenters. The van der Waals surface area contributed by atoms with Gasteiger partial charge >= 0.3 is 0 Å². The number of para-hydroxylation sites is 1. The van der Waals surface area contributed by atoms with Crippen LogP contribution in [0.1, 0.15) is 22.8 Å². The van der Waals surface area contributed by atoms with E-state index in [1.54, 1.807) is 20.1 Å². The van der Waals surface area contributed by atoms with Crippen molar-refractivity contribution in [3.8, 4) is 16.9 Å². The lowest BCUT2D eigenvalue weighted by atomic mass is 9.99. The topological polar surface area (TPSA) is 26.3 Å². The second kappa shape index (κ2) is 5.05. The molecular weight excluding hydrogens is 224 g/mol. The van der Waals surface area contributed by atoms with E-state index in [1.165, 1.54) is 5.56 Å². The number of hydrogen-bond acceptors (Lipinski definition) is 2. The normalized spacial score (nSPS) is 10.2. The molecule has 92 valence electrons. The Balaban J connectivity index is 2.60. The fourth-order valence-corrected chi connectivity index (χ4v) is 1.99. The molecule has 2 heteroatoms. The minimum atomic E-state index is 0.0146. The van der Waals surface area contributed by atoms with E-state index >= 15 is 0 Å². The Morgan fingerprint density at radius 2 is 1.72 bits per heavy atom. The number of aryl methyl sites for hydroxylation is 1. The zero-order valence-electron chi connectivity index (χ0n) is 10.9. The molecule has 0 unspecified atom stereocenters. The molecule has 2 aromatic carbocycles. The highest BCUT2D eigenvalue weighted by molar-refractivity contribution is 5.99. The lowest BCUT2D eigenvalue weighted by Gasteiger charge is -2.12. The smallest absolute Gasteiger partial charge is 0.163 e. The van der Waals surface area contributed by atoms with Gasteiger partial charge in [-0.2, -0.15) is 0 Å². The van der Waals surface area contributed by atoms with E-state index < -0.39 is 0 Å². The first kappa shape index (κ1) is 12.4. The van der Waals surface area contributed by atoms with Crippen molar-refractivity contribution < 1.29 is 9.53 Å². The molecule has 0 fully saturated rings. The summed E-state index contributed by atoms with van der Waals surface area (Å²) in [7, 11) is 1.60. The van der Waals surface area contributed by atoms with Gasteiger partial charge in [0.1, 0.15) is 5.75 Å². The Morgan fingerprint density at radius 1 is 1.06 bits per heavy atom. The van der Waals surface area contributed by atoms with Gasteiger partial charge in [0, 0.05) is 5.56 Å². The van der Waals surface area contributed by atoms with Crippen LogP contribution in [0, 0.1) is 6.92 Å². The van der Waals surface area contributed by atoms with Crippen LogP contribution >= 0.6 is 0 Å². The predicted molar refractivity (Wildman–Crippen MR) is 73.2 cm³/mol. The standard InChI is InChI=1S/C16H16O2/c1-11-7-9-13(10-8-11)15-6-4-5-14(12(2)17)16(15)18-3/h4-10H,1-3H3. The number of carbonyl (C=O) groups excluding carboxylic acids is 1. The third kappa shape index (κ3) is 2.28. The summed E-state index contributed by atoms with van der Waals surface area (Å²) in [6.07, 6.45) is 0. The van der Waals surface area contributed by atoms with Crippen LogP contribution in [-0.4, -0.2) is 12.9 Å². The highest BCUT2D eigenvalue weighted by Crippen LogP contribution is 2.33. The molecule has 0 aromatic heterocycles. The van der Waals surface area contributed by atoms with Gasteiger partial charge in [-0.3, -0.25) is 4.79 Å². The first-order valence-electron chi connectivity index (χ1n) is 5.88. The van der Waals surface area contributed by atoms with Gasteiger partial charge in [0.05, 0.1) is 12.7 Å². The Morgan fingerprint density at radius 3 is 2.28 bits per heavy atom. The minimum absolute atomic E-state index is 0.0146. The molecule has 0 aliphatic rings. The van der Waals surface area contributed by atoms with E-state index in [0.717, 1.165) is 11.1 Å². The average Bonchev–Trinajstić information content (AvgIpc) is 2.38. The number of ketones is 1. The molecule has 0 N–H and O–H groups in total. The van der Waals surface area contributed by atoms with Crippen molar-refractivity contribution in [3.63, 3.8) is 0 Å². The fraction of sp³-hybridized carbons (Fsp3) is 0.188. The van der Waals surface area contributed by atoms with Crippen LogP contribution in [0.2, 0.25) is 0 Å². The van der Waals surface area contributed by atoms with Crippen molar-refractivity contribution in [2.75, 3.05) is 7.11 Å². The summed E-state index contributed by atoms with van der Waals surface area (Å²) in [5, 5.41) is 0. The van der Waals surface area contributed by atoms with Gasteiger partial charge in [0.15, 0.2) is 5.78 Å². The first-order valence-corrected chi connectivity index (χ1v) is 5.88. The quantitative estimate of drug-likeness (QED) is 0.761. The van der Waals surface area contributed by atoms with Crippen LogP contribution in [0.3, 0.4) is 0 Å². The largest absolute Gasteiger partial charge is 0.495 e. The van der Waals surface area contributed by atoms with Crippen LogP contribution in [-0.2, 0) is 0 Å². The highest BCUT2D eigenvalue weighted by Gasteiger charge is 2.13. The third-order valence-corrected chi connectivity index (χ3v) is 2.96. The van der Waals surface area contributed by atoms with Gasteiger partial charge in [-0.05, 0) is 25.5 Å². The maximum Gasteiger partial charge on any atom is 0.163 e. The monoisotopic (exact) mass is 240 g/mol. The molecule has 0 saturated carbocycles. The zero-order chi connectivity index (χ0) is 13.1. The van der Waals surface area contributed by atoms with Crippen LogP contribution in [0.4, 0.5) is 0 Å². The second-order valence-corrected chi connectivity index (χ2v) is 4.31. The van der Waals surface area contributed by atoms with Crippen molar-refractivity contribution in [1.29, 1.82) is 0 Å². The summed E-state index contributed by atoms with van der Waals surface area (Å²) >= 11 is 0. The molecule has 0 radical (unpaired) electrons. The van der Waals surface area contributed by atoms with Gasteiger partial charge in [0.25, 0.3) is 0 Å². The van der Waals surface area contributed by atoms with Crippen molar-refractivity contribution in [2.45, 2.75) is 13.8 Å². The maximum atomic E-state index is 11.6. The van der Waals surface area contributed by atoms with E-state index in [0.29, 0.717) is 11.3 Å². The number of methoxy groups -OCH3 is 1. The van der Waals surface area contributed by atoms with Crippen LogP contribution < -0.4 is 4.74 Å². The number of carbonyl (C=O) groups is 1. The Kier molecular flexibility index (Phi) is 3.47. The van der Waals surface area contributed by atoms with Gasteiger partial charge in [-0.1, -0.05) is 42.0 Å². The molecule has 0 saturated heterocycles. The summed E-state index contributed by atoms with van der Waals surface area (Å²) < 4.78 is 5.40. The first-order chi connectivity index (χ1) is 8.63. The van der Waals surface area contributed by atoms with Gasteiger partial charge in [-0.15, -0.1) is 0 Å². The number of hydrogen-bond donors (Lipinski definition) is 0. The Bertz CT molecular complexity index is 568. The molecule has 0 heterocycles. The van der Waals surface area contributed by atoms with E-state index in [1.807, 2.05) is 31.2 Å². The lowest BCUT2D eigenvalue weighted by molar-refractivity contribution is 0.101. The lowest BCUT2D eigenvalue weighted by Crippen LogP contribution is -1.99. The molecule has 2 aromatic rings. The molecule has 0 aliphatic carbocycles. The summed E-state index contributed by atoms with van der Waals surface area (Å²) in [6, 6.07) is 13.8. The summed E-state index contributed by atoms with van der Waals surface area (Å²) in [5.74, 6) is 0.662. The van der Waals surface area contributed by atoms with Crippen LogP contribution in [0.15, 0.2) is 42.5 Å². The maximum absolute atomic E-state index is 11.6. The van der Waals surface area contributed by atoms with Crippen molar-refractivity contribution in [3.05, 3.63) is 53.6 Å². The zero-order valence-corrected chi connectivity index (χ0v) is 10.9. The highest BCUT2D eigenvalue weighted by atomic mass is 16.5. The summed E-state index contributed by atoms with van der Waals surface area (Å²) in [4.78, 5) is 11.6. The molecule has 0 aliphatic heterocycles. The van der Waals surface area contributed by atoms with Gasteiger partial charge in [0.2, 0.25) is 0 Å². The third-order valence-electron chi connectivity index (χ3n) is 2.96. The van der Waals surface area contributed by atoms with Crippen molar-refractivity contribution >= 4 is 5.78 Å². The molecule has 0 amide bonds. The summed E-state index contributed by atoms with van der Waals surface area (Å²) in [5.41, 5.74) is 3.83. The number of rotatable bonds is 3. The summed E-state index contributed by atoms with van der Waals surface area (Å²) in [6.45, 7) is 3.60. The van der Waals surface area contributed by atoms with E-state index in [9.17, 15) is 4.79 Å². The number of ether oxygens (including phenoxy) is 1. The average molecular weight is 240 g/mol. The molecule has 18 heavy (non-hydrogen) atoms. The Hall–Kier alpha value is -2.09. The number of benzene rings is 2. The Labute approximate surface area is 107 Å². The fourth-order valence-electron chi connectivity index (χ4n) is 1.99. The van der Waals surface area contributed by atoms with E-state index in [-0.39, 0.29) is 5.78 Å². The van der Waals surface area contributed by atoms with Crippen LogP contribution in [0.5, 0.6) is 5.75 Å². The molecule has 0 bridgehead atoms. The SMILES string of the molecule is COc1c(C(C)=O)cccc1-c1ccc(C)cc1. The van der Waals surface area contributed by atoms with Gasteiger partial charge in [-0.25, -0.2) is 0 Å². The van der Waals surface area contributed by atoms with Crippen molar-refractivity contribution in [1.82, 2.24) is 0 Å². The number of Topliss-reactive ketones (excluding diaryl/α,β-unsaturated/α-hetero) is 1. The van der Waals surface area contributed by atoms with E-state index in [2.05, 4.69) is 12.1 Å². The van der Waals surface area contributed by atoms with E-state index in [4.69, 9.17) is 4.74 Å². The molecular formula is C16H16O2. The predicted octanol–water partition coefficient (Wildman–Crippen LogP) is 3.87. The minimum Gasteiger partial charge on any atom is -0.495 e. The molecule has 2 nitrogen and oxygen atoms in total. The second-order valence-electron chi connectivity index (χ2n) is 4.31. The van der Waals surface area contributed by atoms with Gasteiger partial charge < -0.3 is 4.74 Å².